The molecule has 6 nitrogen and oxygen atoms in total. The molecule has 0 aliphatic carbocycles. The lowest BCUT2D eigenvalue weighted by molar-refractivity contribution is 0.0793. The van der Waals surface area contributed by atoms with Gasteiger partial charge in [-0.2, -0.15) is 0 Å². The highest BCUT2D eigenvalue weighted by Gasteiger charge is 2.14. The smallest absolute Gasteiger partial charge is 0.270 e. The summed E-state index contributed by atoms with van der Waals surface area (Å²) in [6, 6.07) is 6.82. The van der Waals surface area contributed by atoms with Crippen LogP contribution in [0, 0.1) is 0 Å². The van der Waals surface area contributed by atoms with Crippen LogP contribution in [0.25, 0.3) is 0 Å². The van der Waals surface area contributed by atoms with Gasteiger partial charge >= 0.3 is 0 Å². The second-order valence-electron chi connectivity index (χ2n) is 5.55. The second kappa shape index (κ2) is 8.76. The van der Waals surface area contributed by atoms with Crippen molar-refractivity contribution >= 4 is 11.8 Å². The van der Waals surface area contributed by atoms with Crippen LogP contribution in [0.3, 0.4) is 0 Å². The fourth-order valence-electron chi connectivity index (χ4n) is 2.18. The first-order chi connectivity index (χ1) is 11.6. The first-order valence-corrected chi connectivity index (χ1v) is 8.00. The van der Waals surface area contributed by atoms with E-state index in [1.807, 2.05) is 12.1 Å². The predicted octanol–water partition coefficient (Wildman–Crippen LogP) is 2.28. The van der Waals surface area contributed by atoms with Gasteiger partial charge in [0.15, 0.2) is 0 Å². The Hall–Kier alpha value is -2.76. The molecule has 0 radical (unpaired) electrons. The summed E-state index contributed by atoms with van der Waals surface area (Å²) in [5.41, 5.74) is 1.65. The fourth-order valence-corrected chi connectivity index (χ4v) is 2.18. The lowest BCUT2D eigenvalue weighted by atomic mass is 10.2. The van der Waals surface area contributed by atoms with E-state index in [2.05, 4.69) is 22.2 Å². The van der Waals surface area contributed by atoms with Crippen LogP contribution in [-0.4, -0.2) is 40.3 Å². The molecule has 126 valence electrons. The molecule has 2 heterocycles. The zero-order chi connectivity index (χ0) is 17.4. The molecule has 0 unspecified atom stereocenters. The number of nitrogens with one attached hydrogen (secondary N) is 1. The van der Waals surface area contributed by atoms with Crippen molar-refractivity contribution in [1.82, 2.24) is 20.2 Å². The zero-order valence-corrected chi connectivity index (χ0v) is 14.0. The Balaban J connectivity index is 2.01. The number of amides is 2. The van der Waals surface area contributed by atoms with Crippen molar-refractivity contribution in [3.63, 3.8) is 0 Å². The summed E-state index contributed by atoms with van der Waals surface area (Å²) in [6.45, 7) is 3.16. The topological polar surface area (TPSA) is 75.2 Å². The second-order valence-corrected chi connectivity index (χ2v) is 5.55. The number of hydrogen-bond acceptors (Lipinski definition) is 4. The summed E-state index contributed by atoms with van der Waals surface area (Å²) in [5.74, 6) is -0.410. The van der Waals surface area contributed by atoms with Crippen LogP contribution >= 0.6 is 0 Å². The summed E-state index contributed by atoms with van der Waals surface area (Å²) >= 11 is 0. The van der Waals surface area contributed by atoms with Gasteiger partial charge < -0.3 is 10.2 Å². The first-order valence-electron chi connectivity index (χ1n) is 8.00. The van der Waals surface area contributed by atoms with Gasteiger partial charge in [-0.1, -0.05) is 13.3 Å². The summed E-state index contributed by atoms with van der Waals surface area (Å²) < 4.78 is 0. The molecule has 0 spiro atoms. The molecule has 2 rings (SSSR count). The summed E-state index contributed by atoms with van der Waals surface area (Å²) in [5, 5.41) is 2.79. The molecule has 0 saturated heterocycles. The molecule has 2 amide bonds. The van der Waals surface area contributed by atoms with E-state index < -0.39 is 0 Å². The van der Waals surface area contributed by atoms with E-state index in [1.165, 1.54) is 12.3 Å². The molecule has 0 aliphatic heterocycles. The Bertz CT molecular complexity index is 688. The molecule has 0 aromatic carbocycles. The van der Waals surface area contributed by atoms with Gasteiger partial charge in [0.2, 0.25) is 0 Å². The van der Waals surface area contributed by atoms with Gasteiger partial charge in [-0.15, -0.1) is 0 Å². The molecule has 0 atom stereocenters. The van der Waals surface area contributed by atoms with Gasteiger partial charge in [-0.3, -0.25) is 19.6 Å². The van der Waals surface area contributed by atoms with Crippen LogP contribution in [0.1, 0.15) is 46.2 Å². The molecule has 24 heavy (non-hydrogen) atoms. The molecule has 2 aromatic rings. The number of hydrogen-bond donors (Lipinski definition) is 1. The maximum absolute atomic E-state index is 12.4. The van der Waals surface area contributed by atoms with Crippen molar-refractivity contribution in [2.45, 2.75) is 26.3 Å². The van der Waals surface area contributed by atoms with E-state index in [4.69, 9.17) is 0 Å². The van der Waals surface area contributed by atoms with Crippen molar-refractivity contribution in [1.29, 1.82) is 0 Å². The van der Waals surface area contributed by atoms with E-state index in [0.717, 1.165) is 18.4 Å². The third-order valence-electron chi connectivity index (χ3n) is 3.64. The van der Waals surface area contributed by atoms with Crippen LogP contribution in [0.15, 0.2) is 42.9 Å². The molecule has 6 heteroatoms. The largest absolute Gasteiger partial charge is 0.347 e. The van der Waals surface area contributed by atoms with E-state index in [9.17, 15) is 9.59 Å². The van der Waals surface area contributed by atoms with Crippen LogP contribution in [0.4, 0.5) is 0 Å². The van der Waals surface area contributed by atoms with Crippen molar-refractivity contribution < 1.29 is 9.59 Å². The number of nitrogens with zero attached hydrogens (tertiary/aromatic N) is 3. The highest BCUT2D eigenvalue weighted by Crippen LogP contribution is 2.07. The van der Waals surface area contributed by atoms with Gasteiger partial charge in [0.25, 0.3) is 11.8 Å². The molecule has 0 bridgehead atoms. The predicted molar refractivity (Wildman–Crippen MR) is 91.5 cm³/mol. The normalized spacial score (nSPS) is 10.2. The van der Waals surface area contributed by atoms with E-state index in [0.29, 0.717) is 18.7 Å². The molecular formula is C18H22N4O2. The Labute approximate surface area is 141 Å². The lowest BCUT2D eigenvalue weighted by Crippen LogP contribution is -2.29. The van der Waals surface area contributed by atoms with E-state index in [1.54, 1.807) is 30.4 Å². The van der Waals surface area contributed by atoms with Gasteiger partial charge in [-0.25, -0.2) is 0 Å². The number of aromatic nitrogens is 2. The quantitative estimate of drug-likeness (QED) is 0.847. The third kappa shape index (κ3) is 4.87. The molecular weight excluding hydrogens is 304 g/mol. The van der Waals surface area contributed by atoms with Crippen LogP contribution in [0.2, 0.25) is 0 Å². The number of carbonyl (C=O) groups is 2. The fraction of sp³-hybridized carbons (Fsp3) is 0.333. The molecule has 0 aliphatic rings. The summed E-state index contributed by atoms with van der Waals surface area (Å²) in [7, 11) is 1.77. The zero-order valence-electron chi connectivity index (χ0n) is 14.0. The number of rotatable bonds is 7. The molecule has 0 fully saturated rings. The van der Waals surface area contributed by atoms with Crippen LogP contribution in [0.5, 0.6) is 0 Å². The monoisotopic (exact) mass is 326 g/mol. The van der Waals surface area contributed by atoms with E-state index in [-0.39, 0.29) is 17.5 Å². The standard InChI is InChI=1S/C18H22N4O2/c1-3-4-11-22(2)18(24)15-7-10-20-16(12-15)17(23)21-13-14-5-8-19-9-6-14/h5-10,12H,3-4,11,13H2,1-2H3,(H,21,23). The lowest BCUT2D eigenvalue weighted by Gasteiger charge is -2.16. The summed E-state index contributed by atoms with van der Waals surface area (Å²) in [6.07, 6.45) is 6.81. The highest BCUT2D eigenvalue weighted by atomic mass is 16.2. The molecule has 1 N–H and O–H groups in total. The van der Waals surface area contributed by atoms with Crippen molar-refractivity contribution in [3.8, 4) is 0 Å². The molecule has 2 aromatic heterocycles. The minimum Gasteiger partial charge on any atom is -0.347 e. The Morgan fingerprint density at radius 2 is 1.92 bits per heavy atom. The van der Waals surface area contributed by atoms with E-state index >= 15 is 0 Å². The minimum absolute atomic E-state index is 0.103. The first kappa shape index (κ1) is 17.6. The van der Waals surface area contributed by atoms with Crippen molar-refractivity contribution in [2.24, 2.45) is 0 Å². The highest BCUT2D eigenvalue weighted by molar-refractivity contribution is 5.98. The molecule has 0 saturated carbocycles. The number of carbonyl (C=O) groups excluding carboxylic acids is 2. The SMILES string of the molecule is CCCCN(C)C(=O)c1ccnc(C(=O)NCc2ccncc2)c1. The summed E-state index contributed by atoms with van der Waals surface area (Å²) in [4.78, 5) is 34.2. The third-order valence-corrected chi connectivity index (χ3v) is 3.64. The number of unbranched alkanes of at least 4 members (excludes halogenated alkanes) is 1. The maximum Gasteiger partial charge on any atom is 0.270 e. The average Bonchev–Trinajstić information content (AvgIpc) is 2.64. The van der Waals surface area contributed by atoms with Crippen molar-refractivity contribution in [2.75, 3.05) is 13.6 Å². The number of pyridine rings is 2. The Morgan fingerprint density at radius 3 is 2.62 bits per heavy atom. The maximum atomic E-state index is 12.4. The average molecular weight is 326 g/mol. The van der Waals surface area contributed by atoms with Crippen molar-refractivity contribution in [3.05, 3.63) is 59.7 Å². The van der Waals surface area contributed by atoms with Gasteiger partial charge in [0, 0.05) is 44.3 Å². The Morgan fingerprint density at radius 1 is 1.17 bits per heavy atom. The van der Waals surface area contributed by atoms with Gasteiger partial charge in [0.1, 0.15) is 5.69 Å². The van der Waals surface area contributed by atoms with Gasteiger partial charge in [-0.05, 0) is 36.2 Å². The van der Waals surface area contributed by atoms with Crippen LogP contribution in [-0.2, 0) is 6.54 Å². The van der Waals surface area contributed by atoms with Crippen LogP contribution < -0.4 is 5.32 Å². The Kier molecular flexibility index (Phi) is 6.42. The minimum atomic E-state index is -0.308. The van der Waals surface area contributed by atoms with Gasteiger partial charge in [0.05, 0.1) is 0 Å².